The smallest absolute Gasteiger partial charge is 0.248 e. The Morgan fingerprint density at radius 1 is 1.05 bits per heavy atom. The van der Waals surface area contributed by atoms with Crippen molar-refractivity contribution in [1.29, 1.82) is 0 Å². The molecular weight excluding hydrogens is 308 g/mol. The molecule has 0 atom stereocenters. The molecule has 1 aliphatic heterocycles. The minimum absolute atomic E-state index is 0.179. The number of rotatable bonds is 3. The number of piperazine rings is 1. The van der Waals surface area contributed by atoms with Gasteiger partial charge in [-0.15, -0.1) is 0 Å². The largest absolute Gasteiger partial charge is 0.360 e. The molecule has 0 aromatic carbocycles. The Morgan fingerprint density at radius 3 is 2.23 bits per heavy atom. The normalized spacial score (nSPS) is 17.1. The number of hydrogen-bond donors (Lipinski definition) is 0. The highest BCUT2D eigenvalue weighted by molar-refractivity contribution is 7.89. The summed E-state index contributed by atoms with van der Waals surface area (Å²) in [7, 11) is -3.57. The zero-order chi connectivity index (χ0) is 15.9. The van der Waals surface area contributed by atoms with E-state index in [0.29, 0.717) is 37.6 Å². The molecule has 2 aromatic rings. The van der Waals surface area contributed by atoms with Crippen molar-refractivity contribution in [2.24, 2.45) is 0 Å². The van der Waals surface area contributed by atoms with Gasteiger partial charge in [0.2, 0.25) is 10.0 Å². The summed E-state index contributed by atoms with van der Waals surface area (Å²) in [5, 5.41) is 7.69. The van der Waals surface area contributed by atoms with Gasteiger partial charge in [-0.3, -0.25) is 0 Å². The van der Waals surface area contributed by atoms with Gasteiger partial charge < -0.3 is 13.9 Å². The summed E-state index contributed by atoms with van der Waals surface area (Å²) in [6.45, 7) is 6.98. The van der Waals surface area contributed by atoms with Crippen molar-refractivity contribution in [2.75, 3.05) is 31.1 Å². The lowest BCUT2D eigenvalue weighted by Gasteiger charge is -2.33. The zero-order valence-corrected chi connectivity index (χ0v) is 13.6. The average Bonchev–Trinajstić information content (AvgIpc) is 3.05. The van der Waals surface area contributed by atoms with E-state index < -0.39 is 10.0 Å². The van der Waals surface area contributed by atoms with Gasteiger partial charge in [-0.1, -0.05) is 10.3 Å². The summed E-state index contributed by atoms with van der Waals surface area (Å²) < 4.78 is 36.9. The van der Waals surface area contributed by atoms with Gasteiger partial charge in [0.15, 0.2) is 11.6 Å². The van der Waals surface area contributed by atoms with E-state index in [1.807, 2.05) is 17.9 Å². The Morgan fingerprint density at radius 2 is 1.73 bits per heavy atom. The number of aryl methyl sites for hydroxylation is 3. The number of hydrogen-bond acceptors (Lipinski definition) is 7. The van der Waals surface area contributed by atoms with E-state index in [1.165, 1.54) is 4.31 Å². The number of nitrogens with zero attached hydrogens (tertiary/aromatic N) is 4. The van der Waals surface area contributed by atoms with Crippen molar-refractivity contribution in [3.63, 3.8) is 0 Å². The molecule has 0 spiro atoms. The number of sulfonamides is 1. The van der Waals surface area contributed by atoms with Crippen LogP contribution in [0.5, 0.6) is 0 Å². The molecule has 0 radical (unpaired) electrons. The van der Waals surface area contributed by atoms with E-state index in [-0.39, 0.29) is 4.90 Å². The molecule has 3 rings (SSSR count). The van der Waals surface area contributed by atoms with Gasteiger partial charge in [0, 0.05) is 32.2 Å². The van der Waals surface area contributed by atoms with Gasteiger partial charge in [0.1, 0.15) is 16.3 Å². The van der Waals surface area contributed by atoms with Crippen molar-refractivity contribution >= 4 is 15.8 Å². The first-order chi connectivity index (χ1) is 10.4. The Labute approximate surface area is 128 Å². The first-order valence-corrected chi connectivity index (χ1v) is 8.45. The summed E-state index contributed by atoms with van der Waals surface area (Å²) in [5.74, 6) is 1.81. The van der Waals surface area contributed by atoms with E-state index in [0.717, 1.165) is 11.6 Å². The van der Waals surface area contributed by atoms with Crippen LogP contribution in [0.4, 0.5) is 5.82 Å². The molecule has 1 fully saturated rings. The lowest BCUT2D eigenvalue weighted by molar-refractivity contribution is 0.369. The summed E-state index contributed by atoms with van der Waals surface area (Å²) in [6, 6.07) is 1.85. The van der Waals surface area contributed by atoms with E-state index in [2.05, 4.69) is 10.3 Å². The summed E-state index contributed by atoms with van der Waals surface area (Å²) >= 11 is 0. The highest BCUT2D eigenvalue weighted by Gasteiger charge is 2.33. The minimum atomic E-state index is -3.57. The number of aromatic nitrogens is 2. The third kappa shape index (κ3) is 2.50. The quantitative estimate of drug-likeness (QED) is 0.833. The van der Waals surface area contributed by atoms with Gasteiger partial charge in [0.05, 0.1) is 0 Å². The molecule has 0 N–H and O–H groups in total. The average molecular weight is 326 g/mol. The maximum absolute atomic E-state index is 12.7. The molecule has 0 unspecified atom stereocenters. The molecule has 0 saturated carbocycles. The molecule has 120 valence electrons. The highest BCUT2D eigenvalue weighted by atomic mass is 32.2. The van der Waals surface area contributed by atoms with E-state index in [1.54, 1.807) is 13.8 Å². The van der Waals surface area contributed by atoms with Crippen LogP contribution >= 0.6 is 0 Å². The van der Waals surface area contributed by atoms with Crippen LogP contribution in [0.2, 0.25) is 0 Å². The van der Waals surface area contributed by atoms with Crippen LogP contribution in [0.1, 0.15) is 17.2 Å². The molecule has 1 saturated heterocycles. The molecule has 0 aliphatic carbocycles. The molecule has 2 aromatic heterocycles. The zero-order valence-electron chi connectivity index (χ0n) is 12.7. The van der Waals surface area contributed by atoms with Crippen LogP contribution in [0.15, 0.2) is 20.0 Å². The number of anilines is 1. The van der Waals surface area contributed by atoms with Gasteiger partial charge in [-0.25, -0.2) is 8.42 Å². The molecule has 0 amide bonds. The van der Waals surface area contributed by atoms with Crippen LogP contribution in [-0.4, -0.2) is 49.2 Å². The van der Waals surface area contributed by atoms with E-state index in [9.17, 15) is 8.42 Å². The topological polar surface area (TPSA) is 92.7 Å². The van der Waals surface area contributed by atoms with Gasteiger partial charge in [0.25, 0.3) is 0 Å². The van der Waals surface area contributed by atoms with Crippen LogP contribution < -0.4 is 4.90 Å². The van der Waals surface area contributed by atoms with E-state index >= 15 is 0 Å². The Bertz CT molecular complexity index is 752. The Hall–Kier alpha value is -1.87. The minimum Gasteiger partial charge on any atom is -0.360 e. The van der Waals surface area contributed by atoms with Crippen LogP contribution in [-0.2, 0) is 10.0 Å². The van der Waals surface area contributed by atoms with Gasteiger partial charge >= 0.3 is 0 Å². The maximum atomic E-state index is 12.7. The second kappa shape index (κ2) is 5.40. The van der Waals surface area contributed by atoms with Gasteiger partial charge in [-0.05, 0) is 20.8 Å². The lowest BCUT2D eigenvalue weighted by atomic mass is 10.3. The Kier molecular flexibility index (Phi) is 3.69. The molecule has 1 aliphatic rings. The van der Waals surface area contributed by atoms with Crippen molar-refractivity contribution in [3.05, 3.63) is 23.3 Å². The molecule has 22 heavy (non-hydrogen) atoms. The van der Waals surface area contributed by atoms with Crippen LogP contribution in [0, 0.1) is 20.8 Å². The third-order valence-corrected chi connectivity index (χ3v) is 5.89. The fraction of sp³-hybridized carbons (Fsp3) is 0.538. The van der Waals surface area contributed by atoms with Crippen LogP contribution in [0.25, 0.3) is 0 Å². The predicted octanol–water partition coefficient (Wildman–Crippen LogP) is 1.10. The third-order valence-electron chi connectivity index (χ3n) is 3.74. The highest BCUT2D eigenvalue weighted by Crippen LogP contribution is 2.25. The predicted molar refractivity (Wildman–Crippen MR) is 78.2 cm³/mol. The van der Waals surface area contributed by atoms with Crippen molar-refractivity contribution < 1.29 is 17.5 Å². The Balaban J connectivity index is 1.76. The van der Waals surface area contributed by atoms with Crippen LogP contribution in [0.3, 0.4) is 0 Å². The second-order valence-electron chi connectivity index (χ2n) is 5.34. The monoisotopic (exact) mass is 326 g/mol. The van der Waals surface area contributed by atoms with Crippen molar-refractivity contribution in [1.82, 2.24) is 14.6 Å². The first-order valence-electron chi connectivity index (χ1n) is 7.01. The molecule has 9 heteroatoms. The van der Waals surface area contributed by atoms with Crippen molar-refractivity contribution in [2.45, 2.75) is 25.7 Å². The first kappa shape index (κ1) is 15.0. The fourth-order valence-electron chi connectivity index (χ4n) is 2.63. The molecule has 3 heterocycles. The molecular formula is C13H18N4O4S. The summed E-state index contributed by atoms with van der Waals surface area (Å²) in [6.07, 6.45) is 0. The summed E-state index contributed by atoms with van der Waals surface area (Å²) in [4.78, 5) is 2.19. The van der Waals surface area contributed by atoms with E-state index in [4.69, 9.17) is 9.05 Å². The molecule has 8 nitrogen and oxygen atoms in total. The van der Waals surface area contributed by atoms with Gasteiger partial charge in [-0.2, -0.15) is 4.31 Å². The lowest BCUT2D eigenvalue weighted by Crippen LogP contribution is -2.49. The van der Waals surface area contributed by atoms with Crippen molar-refractivity contribution in [3.8, 4) is 0 Å². The molecule has 0 bridgehead atoms. The maximum Gasteiger partial charge on any atom is 0.248 e. The SMILES string of the molecule is Cc1cc(N2CCN(S(=O)(=O)c3c(C)noc3C)CC2)no1. The second-order valence-corrected chi connectivity index (χ2v) is 7.21. The fourth-order valence-corrected chi connectivity index (χ4v) is 4.35. The standard InChI is InChI=1S/C13H18N4O4S/c1-9-8-12(15-20-9)16-4-6-17(7-5-16)22(18,19)13-10(2)14-21-11(13)3/h8H,4-7H2,1-3H3. The summed E-state index contributed by atoms with van der Waals surface area (Å²) in [5.41, 5.74) is 0.395.